The number of ether oxygens (including phenoxy) is 2. The van der Waals surface area contributed by atoms with E-state index in [0.29, 0.717) is 25.0 Å². The molecule has 0 fully saturated rings. The first kappa shape index (κ1) is 21.4. The zero-order valence-corrected chi connectivity index (χ0v) is 19.4. The number of rotatable bonds is 6. The van der Waals surface area contributed by atoms with Crippen LogP contribution in [0.3, 0.4) is 0 Å². The van der Waals surface area contributed by atoms with Gasteiger partial charge >= 0.3 is 0 Å². The van der Waals surface area contributed by atoms with Gasteiger partial charge in [-0.1, -0.05) is 84.9 Å². The van der Waals surface area contributed by atoms with Crippen molar-refractivity contribution >= 4 is 34.7 Å². The van der Waals surface area contributed by atoms with E-state index in [1.165, 1.54) is 11.1 Å². The third-order valence-electron chi connectivity index (χ3n) is 6.41. The maximum absolute atomic E-state index is 5.92. The standard InChI is InChI=1S/C30H27N3O2/c1-3-9-21(10-4-1)15-23-19-34-29(31-23)17-27-25-13-7-8-14-26(25)28(33-27)18-30-32-24(20-35-30)16-22-11-5-2-6-12-22/h1-14,17-18,23-24,33H,15-16,19-20H2/t23-,24-/m1/s1. The maximum atomic E-state index is 5.92. The molecular formula is C30H27N3O2. The molecule has 3 aromatic carbocycles. The number of aromatic nitrogens is 1. The summed E-state index contributed by atoms with van der Waals surface area (Å²) in [5.41, 5.74) is 2.55. The van der Waals surface area contributed by atoms with E-state index in [4.69, 9.17) is 19.5 Å². The Morgan fingerprint density at radius 2 is 1.06 bits per heavy atom. The average molecular weight is 462 g/mol. The molecule has 0 spiro atoms. The van der Waals surface area contributed by atoms with Gasteiger partial charge in [0.1, 0.15) is 13.2 Å². The monoisotopic (exact) mass is 461 g/mol. The van der Waals surface area contributed by atoms with Gasteiger partial charge in [0.05, 0.1) is 22.8 Å². The van der Waals surface area contributed by atoms with Crippen LogP contribution in [0.15, 0.2) is 94.9 Å². The number of hydrogen-bond donors (Lipinski definition) is 1. The first-order chi connectivity index (χ1) is 17.3. The normalized spacial score (nSPS) is 20.6. The van der Waals surface area contributed by atoms with Crippen LogP contribution < -0.4 is 10.7 Å². The number of fused-ring (bicyclic) bond motifs is 1. The Kier molecular flexibility index (Phi) is 5.89. The number of nitrogens with zero attached hydrogens (tertiary/aromatic N) is 2. The highest BCUT2D eigenvalue weighted by Gasteiger charge is 2.19. The molecule has 0 radical (unpaired) electrons. The highest BCUT2D eigenvalue weighted by molar-refractivity contribution is 6.09. The highest BCUT2D eigenvalue weighted by Crippen LogP contribution is 2.14. The van der Waals surface area contributed by atoms with Gasteiger partial charge in [-0.05, 0) is 24.0 Å². The smallest absolute Gasteiger partial charge is 0.211 e. The van der Waals surface area contributed by atoms with Crippen molar-refractivity contribution in [3.05, 3.63) is 107 Å². The molecule has 2 aliphatic rings. The number of benzene rings is 3. The fourth-order valence-electron chi connectivity index (χ4n) is 4.72. The molecule has 0 saturated heterocycles. The lowest BCUT2D eigenvalue weighted by molar-refractivity contribution is 0.320. The van der Waals surface area contributed by atoms with Gasteiger partial charge in [0.15, 0.2) is 0 Å². The van der Waals surface area contributed by atoms with Crippen LogP contribution >= 0.6 is 0 Å². The van der Waals surface area contributed by atoms with Crippen LogP contribution in [0.4, 0.5) is 0 Å². The first-order valence-corrected chi connectivity index (χ1v) is 12.1. The minimum Gasteiger partial charge on any atom is -0.476 e. The van der Waals surface area contributed by atoms with Crippen molar-refractivity contribution in [1.29, 1.82) is 0 Å². The Labute approximate surface area is 204 Å². The van der Waals surface area contributed by atoms with E-state index in [1.54, 1.807) is 0 Å². The molecule has 3 heterocycles. The fourth-order valence-corrected chi connectivity index (χ4v) is 4.72. The van der Waals surface area contributed by atoms with E-state index in [0.717, 1.165) is 34.3 Å². The first-order valence-electron chi connectivity index (χ1n) is 12.1. The van der Waals surface area contributed by atoms with E-state index in [-0.39, 0.29) is 12.1 Å². The molecule has 1 aromatic heterocycles. The number of aromatic amines is 1. The second kappa shape index (κ2) is 9.63. The van der Waals surface area contributed by atoms with Crippen LogP contribution in [-0.2, 0) is 22.3 Å². The lowest BCUT2D eigenvalue weighted by atomic mass is 10.1. The van der Waals surface area contributed by atoms with Crippen molar-refractivity contribution in [2.45, 2.75) is 24.9 Å². The Hall–Kier alpha value is -4.12. The van der Waals surface area contributed by atoms with Crippen molar-refractivity contribution in [2.75, 3.05) is 13.2 Å². The van der Waals surface area contributed by atoms with Crippen molar-refractivity contribution in [3.8, 4) is 0 Å². The molecule has 5 heteroatoms. The average Bonchev–Trinajstić information content (AvgIpc) is 3.61. The lowest BCUT2D eigenvalue weighted by Gasteiger charge is -2.03. The number of H-pyrrole nitrogens is 1. The van der Waals surface area contributed by atoms with Gasteiger partial charge in [-0.3, -0.25) is 0 Å². The fraction of sp³-hybridized carbons (Fsp3) is 0.200. The van der Waals surface area contributed by atoms with Crippen LogP contribution in [0.25, 0.3) is 22.9 Å². The number of aliphatic imine (C=N–C) groups is 2. The molecule has 2 atom stereocenters. The molecule has 4 aromatic rings. The van der Waals surface area contributed by atoms with Crippen molar-refractivity contribution < 1.29 is 9.47 Å². The molecular weight excluding hydrogens is 434 g/mol. The molecule has 5 nitrogen and oxygen atoms in total. The van der Waals surface area contributed by atoms with Crippen LogP contribution in [0.2, 0.25) is 0 Å². The largest absolute Gasteiger partial charge is 0.476 e. The molecule has 6 rings (SSSR count). The van der Waals surface area contributed by atoms with Gasteiger partial charge < -0.3 is 14.5 Å². The van der Waals surface area contributed by atoms with E-state index in [2.05, 4.69) is 65.6 Å². The van der Waals surface area contributed by atoms with Crippen LogP contribution in [0.5, 0.6) is 0 Å². The molecule has 1 N–H and O–H groups in total. The van der Waals surface area contributed by atoms with Crippen molar-refractivity contribution in [1.82, 2.24) is 4.98 Å². The van der Waals surface area contributed by atoms with E-state index in [1.807, 2.05) is 36.4 Å². The quantitative estimate of drug-likeness (QED) is 0.475. The van der Waals surface area contributed by atoms with E-state index < -0.39 is 0 Å². The minimum absolute atomic E-state index is 0.138. The predicted molar refractivity (Wildman–Crippen MR) is 141 cm³/mol. The van der Waals surface area contributed by atoms with Crippen LogP contribution in [-0.4, -0.2) is 42.1 Å². The Morgan fingerprint density at radius 3 is 1.51 bits per heavy atom. The molecule has 0 amide bonds. The second-order valence-electron chi connectivity index (χ2n) is 9.03. The Bertz CT molecular complexity index is 1390. The molecule has 0 bridgehead atoms. The summed E-state index contributed by atoms with van der Waals surface area (Å²) in [6.07, 6.45) is 5.76. The molecule has 35 heavy (non-hydrogen) atoms. The van der Waals surface area contributed by atoms with Crippen molar-refractivity contribution in [3.63, 3.8) is 0 Å². The predicted octanol–water partition coefficient (Wildman–Crippen LogP) is 3.81. The van der Waals surface area contributed by atoms with Crippen LogP contribution in [0, 0.1) is 0 Å². The third kappa shape index (κ3) is 4.90. The van der Waals surface area contributed by atoms with Gasteiger partial charge in [-0.15, -0.1) is 0 Å². The summed E-state index contributed by atoms with van der Waals surface area (Å²) in [4.78, 5) is 13.2. The van der Waals surface area contributed by atoms with Gasteiger partial charge in [-0.2, -0.15) is 0 Å². The molecule has 0 saturated carbocycles. The summed E-state index contributed by atoms with van der Waals surface area (Å²) in [5.74, 6) is 1.34. The summed E-state index contributed by atoms with van der Waals surface area (Å²) >= 11 is 0. The minimum atomic E-state index is 0.138. The zero-order chi connectivity index (χ0) is 23.5. The number of nitrogens with one attached hydrogen (secondary N) is 1. The van der Waals surface area contributed by atoms with Gasteiger partial charge in [0.25, 0.3) is 0 Å². The van der Waals surface area contributed by atoms with Crippen molar-refractivity contribution in [2.24, 2.45) is 9.98 Å². The number of hydrogen-bond acceptors (Lipinski definition) is 4. The Morgan fingerprint density at radius 1 is 0.629 bits per heavy atom. The lowest BCUT2D eigenvalue weighted by Crippen LogP contribution is -2.14. The van der Waals surface area contributed by atoms with Gasteiger partial charge in [0, 0.05) is 22.9 Å². The van der Waals surface area contributed by atoms with Gasteiger partial charge in [0.2, 0.25) is 11.8 Å². The molecule has 0 aliphatic carbocycles. The highest BCUT2D eigenvalue weighted by atomic mass is 16.5. The maximum Gasteiger partial charge on any atom is 0.211 e. The molecule has 2 aliphatic heterocycles. The zero-order valence-electron chi connectivity index (χ0n) is 19.4. The third-order valence-corrected chi connectivity index (χ3v) is 6.41. The summed E-state index contributed by atoms with van der Waals surface area (Å²) < 4.78 is 11.8. The summed E-state index contributed by atoms with van der Waals surface area (Å²) in [5, 5.41) is 4.20. The van der Waals surface area contributed by atoms with Gasteiger partial charge in [-0.25, -0.2) is 9.98 Å². The molecule has 174 valence electrons. The molecule has 0 unspecified atom stereocenters. The van der Waals surface area contributed by atoms with Crippen LogP contribution in [0.1, 0.15) is 11.1 Å². The summed E-state index contributed by atoms with van der Waals surface area (Å²) in [6, 6.07) is 29.5. The topological polar surface area (TPSA) is 59.0 Å². The summed E-state index contributed by atoms with van der Waals surface area (Å²) in [7, 11) is 0. The SMILES string of the molecule is C(C1=N[C@H](Cc2ccccc2)CO1)=c1[nH]c(=CC2=N[C@H](Cc3ccccc3)CO2)c2ccccc12. The Balaban J connectivity index is 1.27. The van der Waals surface area contributed by atoms with E-state index >= 15 is 0 Å². The second-order valence-corrected chi connectivity index (χ2v) is 9.03. The van der Waals surface area contributed by atoms with E-state index in [9.17, 15) is 0 Å². The summed E-state index contributed by atoms with van der Waals surface area (Å²) in [6.45, 7) is 1.21.